The van der Waals surface area contributed by atoms with Crippen LogP contribution in [0, 0.1) is 16.7 Å². The van der Waals surface area contributed by atoms with Crippen molar-refractivity contribution in [2.24, 2.45) is 16.7 Å². The van der Waals surface area contributed by atoms with Crippen molar-refractivity contribution in [1.82, 2.24) is 0 Å². The first kappa shape index (κ1) is 15.5. The molecule has 0 spiro atoms. The van der Waals surface area contributed by atoms with Crippen molar-refractivity contribution in [2.75, 3.05) is 0 Å². The Labute approximate surface area is 103 Å². The minimum Gasteiger partial charge on any atom is -0.0789 e. The molecule has 0 aliphatic rings. The molecule has 1 atom stereocenters. The molecule has 1 unspecified atom stereocenters. The van der Waals surface area contributed by atoms with Crippen LogP contribution in [0.2, 0.25) is 0 Å². The number of hydrogen-bond acceptors (Lipinski definition) is 0. The predicted octanol–water partition coefficient (Wildman–Crippen LogP) is 5.61. The zero-order valence-corrected chi connectivity index (χ0v) is 12.5. The number of allylic oxidation sites excluding steroid dienone is 4. The van der Waals surface area contributed by atoms with Crippen LogP contribution in [0.3, 0.4) is 0 Å². The summed E-state index contributed by atoms with van der Waals surface area (Å²) in [5.41, 5.74) is 2.08. The Morgan fingerprint density at radius 3 is 1.94 bits per heavy atom. The van der Waals surface area contributed by atoms with Gasteiger partial charge >= 0.3 is 0 Å². The van der Waals surface area contributed by atoms with E-state index in [9.17, 15) is 0 Å². The summed E-state index contributed by atoms with van der Waals surface area (Å²) >= 11 is 0. The SMILES string of the molecule is CC(/C=C/C(C)(C)C)=C\C(C)CC(C)(C)C. The largest absolute Gasteiger partial charge is 0.0789 e. The first-order valence-corrected chi connectivity index (χ1v) is 6.37. The minimum absolute atomic E-state index is 0.280. The van der Waals surface area contributed by atoms with Gasteiger partial charge < -0.3 is 0 Å². The molecule has 0 nitrogen and oxygen atoms in total. The maximum Gasteiger partial charge on any atom is -0.0200 e. The van der Waals surface area contributed by atoms with E-state index in [-0.39, 0.29) is 5.41 Å². The zero-order chi connectivity index (χ0) is 13.0. The molecule has 0 amide bonds. The Kier molecular flexibility index (Phi) is 5.52. The van der Waals surface area contributed by atoms with Crippen molar-refractivity contribution < 1.29 is 0 Å². The molecule has 0 heterocycles. The second-order valence-corrected chi connectivity index (χ2v) is 7.35. The highest BCUT2D eigenvalue weighted by Crippen LogP contribution is 2.25. The normalized spacial score (nSPS) is 16.9. The molecule has 0 saturated heterocycles. The van der Waals surface area contributed by atoms with Gasteiger partial charge in [0.05, 0.1) is 0 Å². The highest BCUT2D eigenvalue weighted by molar-refractivity contribution is 5.18. The molecule has 16 heavy (non-hydrogen) atoms. The van der Waals surface area contributed by atoms with Crippen molar-refractivity contribution >= 4 is 0 Å². The van der Waals surface area contributed by atoms with Gasteiger partial charge in [0.2, 0.25) is 0 Å². The second kappa shape index (κ2) is 5.70. The molecule has 0 aliphatic carbocycles. The summed E-state index contributed by atoms with van der Waals surface area (Å²) in [5.74, 6) is 0.657. The van der Waals surface area contributed by atoms with Crippen LogP contribution in [-0.4, -0.2) is 0 Å². The molecule has 0 N–H and O–H groups in total. The smallest absolute Gasteiger partial charge is 0.0200 e. The van der Waals surface area contributed by atoms with Gasteiger partial charge in [0.1, 0.15) is 0 Å². The Hall–Kier alpha value is -0.520. The van der Waals surface area contributed by atoms with E-state index in [1.165, 1.54) is 12.0 Å². The van der Waals surface area contributed by atoms with E-state index in [1.54, 1.807) is 0 Å². The maximum atomic E-state index is 2.38. The number of hydrogen-bond donors (Lipinski definition) is 0. The van der Waals surface area contributed by atoms with Gasteiger partial charge in [-0.25, -0.2) is 0 Å². The molecule has 0 aromatic carbocycles. The number of rotatable bonds is 3. The average Bonchev–Trinajstić information content (AvgIpc) is 1.95. The average molecular weight is 222 g/mol. The maximum absolute atomic E-state index is 2.38. The Balaban J connectivity index is 4.38. The van der Waals surface area contributed by atoms with Gasteiger partial charge in [-0.3, -0.25) is 0 Å². The molecule has 0 bridgehead atoms. The van der Waals surface area contributed by atoms with Crippen LogP contribution in [-0.2, 0) is 0 Å². The van der Waals surface area contributed by atoms with E-state index in [4.69, 9.17) is 0 Å². The zero-order valence-electron chi connectivity index (χ0n) is 12.5. The summed E-state index contributed by atoms with van der Waals surface area (Å²) in [6, 6.07) is 0. The van der Waals surface area contributed by atoms with E-state index >= 15 is 0 Å². The molecule has 0 rings (SSSR count). The van der Waals surface area contributed by atoms with Crippen LogP contribution in [0.25, 0.3) is 0 Å². The van der Waals surface area contributed by atoms with Gasteiger partial charge in [0.15, 0.2) is 0 Å². The van der Waals surface area contributed by atoms with Gasteiger partial charge in [-0.1, -0.05) is 72.3 Å². The topological polar surface area (TPSA) is 0 Å². The molecule has 0 radical (unpaired) electrons. The van der Waals surface area contributed by atoms with Gasteiger partial charge in [0, 0.05) is 0 Å². The van der Waals surface area contributed by atoms with Crippen LogP contribution in [0.4, 0.5) is 0 Å². The fourth-order valence-corrected chi connectivity index (χ4v) is 1.91. The third kappa shape index (κ3) is 10.0. The molecule has 0 aromatic heterocycles. The first-order valence-electron chi connectivity index (χ1n) is 6.37. The Morgan fingerprint density at radius 1 is 1.06 bits per heavy atom. The van der Waals surface area contributed by atoms with Crippen molar-refractivity contribution in [2.45, 2.75) is 61.8 Å². The lowest BCUT2D eigenvalue weighted by Gasteiger charge is -2.21. The van der Waals surface area contributed by atoms with Crippen LogP contribution in [0.1, 0.15) is 61.8 Å². The van der Waals surface area contributed by atoms with Crippen molar-refractivity contribution in [3.05, 3.63) is 23.8 Å². The molecule has 0 fully saturated rings. The standard InChI is InChI=1S/C16H30/c1-13(9-10-15(3,4)5)11-14(2)12-16(6,7)8/h9-11,14H,12H2,1-8H3/b10-9+,13-11+. The third-order valence-electron chi connectivity index (χ3n) is 2.33. The van der Waals surface area contributed by atoms with Crippen molar-refractivity contribution in [3.63, 3.8) is 0 Å². The summed E-state index contributed by atoms with van der Waals surface area (Å²) in [7, 11) is 0. The molecule has 0 aromatic rings. The van der Waals surface area contributed by atoms with Crippen LogP contribution in [0.5, 0.6) is 0 Å². The predicted molar refractivity (Wildman–Crippen MR) is 75.6 cm³/mol. The molecule has 94 valence electrons. The Morgan fingerprint density at radius 2 is 1.56 bits per heavy atom. The monoisotopic (exact) mass is 222 g/mol. The fraction of sp³-hybridized carbons (Fsp3) is 0.750. The molecule has 0 saturated carbocycles. The van der Waals surface area contributed by atoms with Crippen LogP contribution < -0.4 is 0 Å². The van der Waals surface area contributed by atoms with E-state index in [2.05, 4.69) is 73.6 Å². The van der Waals surface area contributed by atoms with Crippen LogP contribution >= 0.6 is 0 Å². The molecule has 0 aliphatic heterocycles. The quantitative estimate of drug-likeness (QED) is 0.545. The van der Waals surface area contributed by atoms with Gasteiger partial charge in [-0.2, -0.15) is 0 Å². The summed E-state index contributed by atoms with van der Waals surface area (Å²) < 4.78 is 0. The van der Waals surface area contributed by atoms with E-state index in [0.29, 0.717) is 11.3 Å². The van der Waals surface area contributed by atoms with E-state index < -0.39 is 0 Å². The summed E-state index contributed by atoms with van der Waals surface area (Å²) in [6.07, 6.45) is 8.16. The lowest BCUT2D eigenvalue weighted by Crippen LogP contribution is -2.09. The lowest BCUT2D eigenvalue weighted by molar-refractivity contribution is 0.336. The van der Waals surface area contributed by atoms with Crippen molar-refractivity contribution in [3.8, 4) is 0 Å². The van der Waals surface area contributed by atoms with Crippen molar-refractivity contribution in [1.29, 1.82) is 0 Å². The van der Waals surface area contributed by atoms with E-state index in [1.807, 2.05) is 0 Å². The molecule has 0 heteroatoms. The summed E-state index contributed by atoms with van der Waals surface area (Å²) in [6.45, 7) is 18.1. The highest BCUT2D eigenvalue weighted by atomic mass is 14.2. The van der Waals surface area contributed by atoms with E-state index in [0.717, 1.165) is 0 Å². The summed E-state index contributed by atoms with van der Waals surface area (Å²) in [5, 5.41) is 0. The Bertz CT molecular complexity index is 253. The highest BCUT2D eigenvalue weighted by Gasteiger charge is 2.13. The first-order chi connectivity index (χ1) is 6.99. The van der Waals surface area contributed by atoms with Crippen LogP contribution in [0.15, 0.2) is 23.8 Å². The lowest BCUT2D eigenvalue weighted by atomic mass is 9.84. The fourth-order valence-electron chi connectivity index (χ4n) is 1.91. The van der Waals surface area contributed by atoms with Gasteiger partial charge in [0.25, 0.3) is 0 Å². The minimum atomic E-state index is 0.280. The van der Waals surface area contributed by atoms with Gasteiger partial charge in [-0.05, 0) is 30.1 Å². The second-order valence-electron chi connectivity index (χ2n) is 7.35. The third-order valence-corrected chi connectivity index (χ3v) is 2.33. The molecular weight excluding hydrogens is 192 g/mol. The summed E-state index contributed by atoms with van der Waals surface area (Å²) in [4.78, 5) is 0. The van der Waals surface area contributed by atoms with Gasteiger partial charge in [-0.15, -0.1) is 0 Å². The molecular formula is C16H30.